The molecule has 0 aliphatic carbocycles. The first kappa shape index (κ1) is 21.1. The molecule has 0 spiro atoms. The van der Waals surface area contributed by atoms with Crippen LogP contribution in [0.4, 0.5) is 18.0 Å². The van der Waals surface area contributed by atoms with Gasteiger partial charge in [0.25, 0.3) is 0 Å². The molecule has 1 heterocycles. The van der Waals surface area contributed by atoms with Crippen LogP contribution in [-0.2, 0) is 23.8 Å². The van der Waals surface area contributed by atoms with Gasteiger partial charge >= 0.3 is 27.7 Å². The Labute approximate surface area is 142 Å². The fourth-order valence-corrected chi connectivity index (χ4v) is 2.27. The number of esters is 1. The summed E-state index contributed by atoms with van der Waals surface area (Å²) in [7, 11) is -5.98. The fraction of sp³-hybridized carbons (Fsp3) is 0.692. The summed E-state index contributed by atoms with van der Waals surface area (Å²) in [5, 5.41) is 8.96. The Morgan fingerprint density at radius 2 is 1.80 bits per heavy atom. The second-order valence-electron chi connectivity index (χ2n) is 6.48. The lowest BCUT2D eigenvalue weighted by molar-refractivity contribution is -0.142. The summed E-state index contributed by atoms with van der Waals surface area (Å²) in [6, 6.07) is 0. The van der Waals surface area contributed by atoms with Crippen molar-refractivity contribution in [2.45, 2.75) is 32.7 Å². The van der Waals surface area contributed by atoms with Gasteiger partial charge in [-0.1, -0.05) is 20.8 Å². The quantitative estimate of drug-likeness (QED) is 0.445. The van der Waals surface area contributed by atoms with Gasteiger partial charge in [0.05, 0.1) is 18.7 Å². The average molecular weight is 389 g/mol. The van der Waals surface area contributed by atoms with E-state index < -0.39 is 57.4 Å². The Bertz CT molecular complexity index is 677. The molecule has 0 bridgehead atoms. The Morgan fingerprint density at radius 3 is 2.24 bits per heavy atom. The van der Waals surface area contributed by atoms with Gasteiger partial charge in [0.1, 0.15) is 5.76 Å². The average Bonchev–Trinajstić information content (AvgIpc) is 2.42. The van der Waals surface area contributed by atoms with E-state index in [1.54, 1.807) is 20.8 Å². The Kier molecular flexibility index (Phi) is 5.98. The van der Waals surface area contributed by atoms with Crippen molar-refractivity contribution in [1.29, 1.82) is 0 Å². The number of hydrogen-bond acceptors (Lipinski definition) is 6. The molecule has 12 heteroatoms. The van der Waals surface area contributed by atoms with Gasteiger partial charge in [0, 0.05) is 13.0 Å². The molecule has 0 atom stereocenters. The third-order valence-electron chi connectivity index (χ3n) is 2.94. The molecule has 0 fully saturated rings. The van der Waals surface area contributed by atoms with Crippen LogP contribution in [0.15, 0.2) is 11.3 Å². The van der Waals surface area contributed by atoms with Gasteiger partial charge in [0.2, 0.25) is 0 Å². The van der Waals surface area contributed by atoms with Gasteiger partial charge in [-0.3, -0.25) is 0 Å². The molecular formula is C13H18F3NO7S. The van der Waals surface area contributed by atoms with Crippen LogP contribution in [0.3, 0.4) is 0 Å². The van der Waals surface area contributed by atoms with Gasteiger partial charge < -0.3 is 18.9 Å². The number of hydrogen-bond donors (Lipinski definition) is 1. The maximum Gasteiger partial charge on any atom is 0.534 e. The van der Waals surface area contributed by atoms with Crippen LogP contribution < -0.4 is 0 Å². The Morgan fingerprint density at radius 1 is 1.24 bits per heavy atom. The largest absolute Gasteiger partial charge is 0.534 e. The molecule has 0 radical (unpaired) electrons. The van der Waals surface area contributed by atoms with E-state index in [1.807, 2.05) is 0 Å². The SMILES string of the molecule is CC(C)(C)COC(=O)C1=C(OS(=O)(=O)C(F)(F)F)CCN(C(=O)O)C1. The number of alkyl halides is 3. The van der Waals surface area contributed by atoms with E-state index in [4.69, 9.17) is 9.84 Å². The first-order valence-electron chi connectivity index (χ1n) is 7.02. The lowest BCUT2D eigenvalue weighted by atomic mass is 9.98. The molecule has 1 amide bonds. The number of amides is 1. The predicted molar refractivity (Wildman–Crippen MR) is 77.7 cm³/mol. The summed E-state index contributed by atoms with van der Waals surface area (Å²) in [6.07, 6.45) is -1.93. The van der Waals surface area contributed by atoms with E-state index in [-0.39, 0.29) is 13.2 Å². The lowest BCUT2D eigenvalue weighted by Crippen LogP contribution is -2.40. The second-order valence-corrected chi connectivity index (χ2v) is 8.01. The third kappa shape index (κ3) is 5.80. The number of carbonyl (C=O) groups excluding carboxylic acids is 1. The molecule has 1 aliphatic rings. The topological polar surface area (TPSA) is 110 Å². The molecule has 0 aromatic heterocycles. The van der Waals surface area contributed by atoms with E-state index in [9.17, 15) is 31.2 Å². The van der Waals surface area contributed by atoms with E-state index in [0.29, 0.717) is 0 Å². The molecular weight excluding hydrogens is 371 g/mol. The van der Waals surface area contributed by atoms with Crippen LogP contribution in [0.2, 0.25) is 0 Å². The first-order valence-corrected chi connectivity index (χ1v) is 8.42. The first-order chi connectivity index (χ1) is 11.1. The van der Waals surface area contributed by atoms with Gasteiger partial charge in [-0.2, -0.15) is 21.6 Å². The maximum absolute atomic E-state index is 12.5. The molecule has 25 heavy (non-hydrogen) atoms. The number of nitrogens with zero attached hydrogens (tertiary/aromatic N) is 1. The minimum Gasteiger partial charge on any atom is -0.465 e. The van der Waals surface area contributed by atoms with Crippen molar-refractivity contribution in [2.75, 3.05) is 19.7 Å². The zero-order chi connectivity index (χ0) is 19.6. The standard InChI is InChI=1S/C13H18F3NO7S/c1-12(2,3)7-23-10(18)8-6-17(11(19)20)5-4-9(8)24-25(21,22)13(14,15)16/h4-7H2,1-3H3,(H,19,20). The summed E-state index contributed by atoms with van der Waals surface area (Å²) in [5.74, 6) is -1.90. The minimum atomic E-state index is -5.98. The summed E-state index contributed by atoms with van der Waals surface area (Å²) in [6.45, 7) is 4.11. The van der Waals surface area contributed by atoms with Gasteiger partial charge in [-0.05, 0) is 5.41 Å². The molecule has 1 rings (SSSR count). The van der Waals surface area contributed by atoms with Crippen molar-refractivity contribution in [3.8, 4) is 0 Å². The maximum atomic E-state index is 12.5. The monoisotopic (exact) mass is 389 g/mol. The zero-order valence-electron chi connectivity index (χ0n) is 13.7. The van der Waals surface area contributed by atoms with Crippen molar-refractivity contribution in [1.82, 2.24) is 4.90 Å². The number of rotatable bonds is 4. The van der Waals surface area contributed by atoms with Crippen LogP contribution in [-0.4, -0.2) is 55.7 Å². The van der Waals surface area contributed by atoms with Crippen LogP contribution in [0.5, 0.6) is 0 Å². The highest BCUT2D eigenvalue weighted by Gasteiger charge is 2.49. The number of halogens is 3. The smallest absolute Gasteiger partial charge is 0.465 e. The number of carboxylic acid groups (broad SMARTS) is 1. The number of carbonyl (C=O) groups is 2. The molecule has 144 valence electrons. The van der Waals surface area contributed by atoms with Crippen molar-refractivity contribution in [2.24, 2.45) is 5.41 Å². The molecule has 1 N–H and O–H groups in total. The highest BCUT2D eigenvalue weighted by atomic mass is 32.2. The summed E-state index contributed by atoms with van der Waals surface area (Å²) in [4.78, 5) is 23.8. The van der Waals surface area contributed by atoms with Gasteiger partial charge in [-0.15, -0.1) is 0 Å². The normalized spacial score (nSPS) is 16.6. The van der Waals surface area contributed by atoms with Crippen molar-refractivity contribution < 1.29 is 45.2 Å². The molecule has 8 nitrogen and oxygen atoms in total. The highest BCUT2D eigenvalue weighted by molar-refractivity contribution is 7.87. The Balaban J connectivity index is 3.15. The van der Waals surface area contributed by atoms with Crippen LogP contribution in [0.1, 0.15) is 27.2 Å². The summed E-state index contributed by atoms with van der Waals surface area (Å²) < 4.78 is 68.7. The van der Waals surface area contributed by atoms with E-state index in [2.05, 4.69) is 4.18 Å². The second kappa shape index (κ2) is 7.10. The predicted octanol–water partition coefficient (Wildman–Crippen LogP) is 2.08. The van der Waals surface area contributed by atoms with Crippen molar-refractivity contribution in [3.63, 3.8) is 0 Å². The molecule has 0 unspecified atom stereocenters. The van der Waals surface area contributed by atoms with Crippen LogP contribution in [0, 0.1) is 5.41 Å². The lowest BCUT2D eigenvalue weighted by Gasteiger charge is -2.28. The van der Waals surface area contributed by atoms with Crippen molar-refractivity contribution >= 4 is 22.2 Å². The van der Waals surface area contributed by atoms with E-state index >= 15 is 0 Å². The fourth-order valence-electron chi connectivity index (χ4n) is 1.73. The molecule has 0 saturated heterocycles. The summed E-state index contributed by atoms with van der Waals surface area (Å²) >= 11 is 0. The molecule has 0 aromatic rings. The van der Waals surface area contributed by atoms with Crippen LogP contribution in [0.25, 0.3) is 0 Å². The number of ether oxygens (including phenoxy) is 1. The van der Waals surface area contributed by atoms with Crippen molar-refractivity contribution in [3.05, 3.63) is 11.3 Å². The van der Waals surface area contributed by atoms with Crippen LogP contribution >= 0.6 is 0 Å². The van der Waals surface area contributed by atoms with Gasteiger partial charge in [0.15, 0.2) is 0 Å². The minimum absolute atomic E-state index is 0.109. The molecule has 0 saturated carbocycles. The summed E-state index contributed by atoms with van der Waals surface area (Å²) in [5.41, 5.74) is -6.72. The van der Waals surface area contributed by atoms with Gasteiger partial charge in [-0.25, -0.2) is 9.59 Å². The third-order valence-corrected chi connectivity index (χ3v) is 3.93. The van der Waals surface area contributed by atoms with E-state index in [1.165, 1.54) is 0 Å². The molecule has 1 aliphatic heterocycles. The Hall–Kier alpha value is -1.98. The highest BCUT2D eigenvalue weighted by Crippen LogP contribution is 2.30. The van der Waals surface area contributed by atoms with E-state index in [0.717, 1.165) is 4.90 Å². The molecule has 0 aromatic carbocycles. The zero-order valence-corrected chi connectivity index (χ0v) is 14.5.